The van der Waals surface area contributed by atoms with Gasteiger partial charge in [0.25, 0.3) is 5.91 Å². The van der Waals surface area contributed by atoms with Crippen LogP contribution in [0.2, 0.25) is 0 Å². The van der Waals surface area contributed by atoms with Crippen LogP contribution in [0.5, 0.6) is 0 Å². The van der Waals surface area contributed by atoms with Crippen molar-refractivity contribution in [3.63, 3.8) is 0 Å². The average molecular weight is 476 g/mol. The van der Waals surface area contributed by atoms with Crippen molar-refractivity contribution in [2.75, 3.05) is 30.4 Å². The molecule has 0 aromatic heterocycles. The minimum Gasteiger partial charge on any atom is -0.359 e. The minimum atomic E-state index is -1.01. The third kappa shape index (κ3) is 6.02. The number of para-hydroxylation sites is 1. The van der Waals surface area contributed by atoms with Crippen molar-refractivity contribution >= 4 is 29.1 Å². The topological polar surface area (TPSA) is 77.0 Å². The van der Waals surface area contributed by atoms with Crippen LogP contribution in [-0.4, -0.2) is 49.0 Å². The number of carbonyl (C=O) groups is 2. The summed E-state index contributed by atoms with van der Waals surface area (Å²) in [5.74, 6) is 1.14. The van der Waals surface area contributed by atoms with Gasteiger partial charge in [0.2, 0.25) is 6.17 Å². The molecule has 2 N–H and O–H groups in total. The Bertz CT molecular complexity index is 1080. The molecule has 1 aliphatic heterocycles. The average Bonchev–Trinajstić information content (AvgIpc) is 2.95. The molecular formula is C28H37N5O2. The number of nitrogens with one attached hydrogen (secondary N) is 2. The summed E-state index contributed by atoms with van der Waals surface area (Å²) < 4.78 is 0. The van der Waals surface area contributed by atoms with Crippen LogP contribution in [0.1, 0.15) is 56.6 Å². The van der Waals surface area contributed by atoms with E-state index in [0.717, 1.165) is 35.6 Å². The van der Waals surface area contributed by atoms with Gasteiger partial charge in [-0.2, -0.15) is 0 Å². The van der Waals surface area contributed by atoms with Gasteiger partial charge in [-0.05, 0) is 61.9 Å². The zero-order chi connectivity index (χ0) is 24.8. The quantitative estimate of drug-likeness (QED) is 0.606. The fourth-order valence-electron chi connectivity index (χ4n) is 5.12. The third-order valence-electron chi connectivity index (χ3n) is 6.80. The lowest BCUT2D eigenvalue weighted by Gasteiger charge is -2.30. The smallest absolute Gasteiger partial charge is 0.321 e. The minimum absolute atomic E-state index is 0.222. The van der Waals surface area contributed by atoms with E-state index in [-0.39, 0.29) is 5.91 Å². The SMILES string of the molecule is CCCN1C(=O)[C@H](NC(=O)Nc2cccc(C)c2)N=C(N(C)CC2CCCCC2)c2ccccc21. The summed E-state index contributed by atoms with van der Waals surface area (Å²) in [5.41, 5.74) is 3.49. The first-order valence-electron chi connectivity index (χ1n) is 12.8. The summed E-state index contributed by atoms with van der Waals surface area (Å²) in [5, 5.41) is 5.68. The highest BCUT2D eigenvalue weighted by molar-refractivity contribution is 6.12. The first kappa shape index (κ1) is 24.8. The Labute approximate surface area is 208 Å². The summed E-state index contributed by atoms with van der Waals surface area (Å²) >= 11 is 0. The monoisotopic (exact) mass is 475 g/mol. The van der Waals surface area contributed by atoms with E-state index in [1.54, 1.807) is 4.90 Å². The Hall–Kier alpha value is -3.35. The lowest BCUT2D eigenvalue weighted by atomic mass is 9.89. The predicted octanol–water partition coefficient (Wildman–Crippen LogP) is 5.16. The van der Waals surface area contributed by atoms with Crippen LogP contribution in [0.15, 0.2) is 53.5 Å². The van der Waals surface area contributed by atoms with Crippen molar-refractivity contribution in [2.24, 2.45) is 10.9 Å². The van der Waals surface area contributed by atoms with Gasteiger partial charge in [-0.3, -0.25) is 4.79 Å². The summed E-state index contributed by atoms with van der Waals surface area (Å²) in [6, 6.07) is 15.1. The highest BCUT2D eigenvalue weighted by Gasteiger charge is 2.33. The molecule has 1 saturated carbocycles. The van der Waals surface area contributed by atoms with E-state index in [4.69, 9.17) is 4.99 Å². The number of anilines is 2. The Morgan fingerprint density at radius 3 is 2.63 bits per heavy atom. The zero-order valence-corrected chi connectivity index (χ0v) is 21.1. The first-order valence-corrected chi connectivity index (χ1v) is 12.8. The Morgan fingerprint density at radius 2 is 1.89 bits per heavy atom. The van der Waals surface area contributed by atoms with Crippen LogP contribution in [0.25, 0.3) is 0 Å². The molecule has 7 nitrogen and oxygen atoms in total. The van der Waals surface area contributed by atoms with Gasteiger partial charge >= 0.3 is 6.03 Å². The van der Waals surface area contributed by atoms with Gasteiger partial charge in [-0.15, -0.1) is 0 Å². The molecule has 35 heavy (non-hydrogen) atoms. The number of carbonyl (C=O) groups excluding carboxylic acids is 2. The molecule has 2 aromatic rings. The van der Waals surface area contributed by atoms with Gasteiger partial charge in [0.1, 0.15) is 5.84 Å². The molecule has 2 aliphatic rings. The van der Waals surface area contributed by atoms with Crippen LogP contribution >= 0.6 is 0 Å². The second-order valence-electron chi connectivity index (χ2n) is 9.71. The van der Waals surface area contributed by atoms with E-state index in [9.17, 15) is 9.59 Å². The van der Waals surface area contributed by atoms with Crippen molar-refractivity contribution < 1.29 is 9.59 Å². The molecule has 1 heterocycles. The van der Waals surface area contributed by atoms with E-state index >= 15 is 0 Å². The number of benzodiazepines with no additional fused rings is 1. The van der Waals surface area contributed by atoms with Crippen molar-refractivity contribution in [2.45, 2.75) is 58.5 Å². The molecule has 7 heteroatoms. The molecule has 1 aliphatic carbocycles. The van der Waals surface area contributed by atoms with Gasteiger partial charge in [-0.1, -0.05) is 50.5 Å². The number of amides is 3. The summed E-state index contributed by atoms with van der Waals surface area (Å²) in [4.78, 5) is 35.4. The number of hydrogen-bond donors (Lipinski definition) is 2. The zero-order valence-electron chi connectivity index (χ0n) is 21.1. The molecule has 2 aromatic carbocycles. The van der Waals surface area contributed by atoms with Crippen LogP contribution in [0.3, 0.4) is 0 Å². The van der Waals surface area contributed by atoms with Gasteiger partial charge in [-0.25, -0.2) is 9.79 Å². The number of rotatable bonds is 6. The fourth-order valence-corrected chi connectivity index (χ4v) is 5.12. The number of fused-ring (bicyclic) bond motifs is 1. The van der Waals surface area contributed by atoms with Crippen LogP contribution in [-0.2, 0) is 4.79 Å². The normalized spacial score (nSPS) is 18.4. The number of nitrogens with zero attached hydrogens (tertiary/aromatic N) is 3. The van der Waals surface area contributed by atoms with E-state index in [2.05, 4.69) is 15.5 Å². The van der Waals surface area contributed by atoms with E-state index in [0.29, 0.717) is 18.2 Å². The maximum Gasteiger partial charge on any atom is 0.321 e. The maximum atomic E-state index is 13.7. The number of benzene rings is 2. The fraction of sp³-hybridized carbons (Fsp3) is 0.464. The number of aliphatic imine (C=N–C) groups is 1. The number of urea groups is 1. The summed E-state index contributed by atoms with van der Waals surface area (Å²) in [6.45, 7) is 5.46. The standard InChI is InChI=1S/C28H37N5O2/c1-4-17-33-24-16-9-8-15-23(24)26(32(3)19-21-12-6-5-7-13-21)30-25(27(33)34)31-28(35)29-22-14-10-11-20(2)18-22/h8-11,14-16,18,21,25H,4-7,12-13,17,19H2,1-3H3,(H2,29,31,35)/t25-/m0/s1. The van der Waals surface area contributed by atoms with E-state index in [1.807, 2.05) is 69.4 Å². The van der Waals surface area contributed by atoms with Crippen molar-refractivity contribution in [1.82, 2.24) is 10.2 Å². The van der Waals surface area contributed by atoms with Gasteiger partial charge in [0, 0.05) is 31.4 Å². The van der Waals surface area contributed by atoms with Gasteiger partial charge in [0.05, 0.1) is 5.69 Å². The third-order valence-corrected chi connectivity index (χ3v) is 6.80. The Morgan fingerprint density at radius 1 is 1.11 bits per heavy atom. The lowest BCUT2D eigenvalue weighted by molar-refractivity contribution is -0.120. The molecule has 0 radical (unpaired) electrons. The molecule has 0 bridgehead atoms. The van der Waals surface area contributed by atoms with Crippen LogP contribution in [0.4, 0.5) is 16.2 Å². The van der Waals surface area contributed by atoms with Gasteiger partial charge < -0.3 is 20.4 Å². The summed E-state index contributed by atoms with van der Waals surface area (Å²) in [7, 11) is 2.05. The lowest BCUT2D eigenvalue weighted by Crippen LogP contribution is -2.49. The molecule has 4 rings (SSSR count). The summed E-state index contributed by atoms with van der Waals surface area (Å²) in [6.07, 6.45) is 6.09. The van der Waals surface area contributed by atoms with Gasteiger partial charge in [0.15, 0.2) is 0 Å². The largest absolute Gasteiger partial charge is 0.359 e. The van der Waals surface area contributed by atoms with Crippen molar-refractivity contribution in [1.29, 1.82) is 0 Å². The number of amidine groups is 1. The molecular weight excluding hydrogens is 438 g/mol. The van der Waals surface area contributed by atoms with Crippen LogP contribution < -0.4 is 15.5 Å². The molecule has 0 unspecified atom stereocenters. The molecule has 1 fully saturated rings. The number of aryl methyl sites for hydroxylation is 1. The molecule has 3 amide bonds. The Kier molecular flexibility index (Phi) is 8.06. The van der Waals surface area contributed by atoms with Crippen molar-refractivity contribution in [3.8, 4) is 0 Å². The van der Waals surface area contributed by atoms with E-state index < -0.39 is 12.2 Å². The number of hydrogen-bond acceptors (Lipinski definition) is 4. The molecule has 0 saturated heterocycles. The van der Waals surface area contributed by atoms with E-state index in [1.165, 1.54) is 32.1 Å². The molecule has 1 atom stereocenters. The van der Waals surface area contributed by atoms with Crippen LogP contribution in [0, 0.1) is 12.8 Å². The molecule has 0 spiro atoms. The van der Waals surface area contributed by atoms with Crippen molar-refractivity contribution in [3.05, 3.63) is 59.7 Å². The highest BCUT2D eigenvalue weighted by atomic mass is 16.2. The second-order valence-corrected chi connectivity index (χ2v) is 9.71. The predicted molar refractivity (Wildman–Crippen MR) is 142 cm³/mol. The Balaban J connectivity index is 1.64. The second kappa shape index (κ2) is 11.4. The first-order chi connectivity index (χ1) is 17.0. The maximum absolute atomic E-state index is 13.7. The highest BCUT2D eigenvalue weighted by Crippen LogP contribution is 2.29. The molecule has 186 valence electrons.